The molecule has 0 bridgehead atoms. The van der Waals surface area contributed by atoms with Crippen LogP contribution in [0.15, 0.2) is 12.1 Å². The average Bonchev–Trinajstić information content (AvgIpc) is 2.16. The van der Waals surface area contributed by atoms with Gasteiger partial charge in [-0.1, -0.05) is 0 Å². The van der Waals surface area contributed by atoms with E-state index in [9.17, 15) is 4.91 Å². The van der Waals surface area contributed by atoms with Gasteiger partial charge in [0.25, 0.3) is 0 Å². The molecule has 0 aliphatic carbocycles. The summed E-state index contributed by atoms with van der Waals surface area (Å²) < 4.78 is 9.77. The summed E-state index contributed by atoms with van der Waals surface area (Å²) in [5.41, 5.74) is 0.207. The summed E-state index contributed by atoms with van der Waals surface area (Å²) in [7, 11) is 2.93. The molecule has 69 valence electrons. The van der Waals surface area contributed by atoms with Gasteiger partial charge in [0.1, 0.15) is 5.75 Å². The average molecular weight is 182 g/mol. The Kier molecular flexibility index (Phi) is 2.69. The standard InChI is InChI=1S/C8H10N2O3/c1-12-6-3-4-8(13-2)7(5-6)10(9)11/h4-5H,1-2H3,(H2,9,11)/q+1. The van der Waals surface area contributed by atoms with Gasteiger partial charge >= 0.3 is 5.69 Å². The van der Waals surface area contributed by atoms with E-state index in [1.807, 2.05) is 0 Å². The van der Waals surface area contributed by atoms with E-state index < -0.39 is 0 Å². The van der Waals surface area contributed by atoms with Crippen molar-refractivity contribution in [3.8, 4) is 11.5 Å². The molecule has 0 fully saturated rings. The Morgan fingerprint density at radius 3 is 2.62 bits per heavy atom. The van der Waals surface area contributed by atoms with Crippen LogP contribution in [0.1, 0.15) is 0 Å². The Bertz CT molecular complexity index is 325. The van der Waals surface area contributed by atoms with Gasteiger partial charge in [-0.15, -0.1) is 0 Å². The fourth-order valence-electron chi connectivity index (χ4n) is 0.901. The molecule has 0 saturated carbocycles. The second kappa shape index (κ2) is 3.75. The summed E-state index contributed by atoms with van der Waals surface area (Å²) >= 11 is 0. The summed E-state index contributed by atoms with van der Waals surface area (Å²) in [5, 5.41) is 0. The van der Waals surface area contributed by atoms with Crippen molar-refractivity contribution in [2.24, 2.45) is 5.84 Å². The van der Waals surface area contributed by atoms with E-state index in [0.29, 0.717) is 11.5 Å². The molecular weight excluding hydrogens is 172 g/mol. The van der Waals surface area contributed by atoms with Crippen molar-refractivity contribution in [2.75, 3.05) is 14.2 Å². The van der Waals surface area contributed by atoms with Crippen LogP contribution < -0.4 is 15.3 Å². The Hall–Kier alpha value is -1.78. The van der Waals surface area contributed by atoms with Gasteiger partial charge in [-0.2, -0.15) is 5.84 Å². The number of benzene rings is 1. The topological polar surface area (TPSA) is 64.6 Å². The summed E-state index contributed by atoms with van der Waals surface area (Å²) in [4.78, 5) is 11.1. The van der Waals surface area contributed by atoms with Crippen molar-refractivity contribution in [3.05, 3.63) is 23.1 Å². The van der Waals surface area contributed by atoms with Crippen molar-refractivity contribution in [1.29, 1.82) is 0 Å². The lowest BCUT2D eigenvalue weighted by Crippen LogP contribution is -2.10. The highest BCUT2D eigenvalue weighted by Crippen LogP contribution is 2.28. The van der Waals surface area contributed by atoms with Crippen LogP contribution in [0.5, 0.6) is 11.5 Å². The maximum absolute atomic E-state index is 10.8. The van der Waals surface area contributed by atoms with Crippen molar-refractivity contribution >= 4 is 5.69 Å². The third kappa shape index (κ3) is 1.87. The summed E-state index contributed by atoms with van der Waals surface area (Å²) in [5.74, 6) is 5.83. The Labute approximate surface area is 75.6 Å². The van der Waals surface area contributed by atoms with Crippen molar-refractivity contribution in [1.82, 2.24) is 0 Å². The highest BCUT2D eigenvalue weighted by molar-refractivity contribution is 5.49. The van der Waals surface area contributed by atoms with E-state index >= 15 is 0 Å². The molecule has 0 aliphatic heterocycles. The highest BCUT2D eigenvalue weighted by atomic mass is 16.5. The number of ether oxygens (including phenoxy) is 2. The van der Waals surface area contributed by atoms with Gasteiger partial charge in [0.15, 0.2) is 10.6 Å². The maximum Gasteiger partial charge on any atom is 0.336 e. The van der Waals surface area contributed by atoms with Crippen LogP contribution in [0, 0.1) is 11.0 Å². The summed E-state index contributed by atoms with van der Waals surface area (Å²) in [6, 6.07) is 5.71. The minimum Gasteiger partial charge on any atom is -0.496 e. The quantitative estimate of drug-likeness (QED) is 0.426. The van der Waals surface area contributed by atoms with Gasteiger partial charge in [-0.05, 0) is 6.07 Å². The zero-order chi connectivity index (χ0) is 9.84. The molecule has 0 atom stereocenters. The molecule has 1 aromatic carbocycles. The first-order valence-electron chi connectivity index (χ1n) is 3.54. The lowest BCUT2D eigenvalue weighted by Gasteiger charge is -2.01. The molecule has 5 nitrogen and oxygen atoms in total. The molecule has 0 saturated heterocycles. The van der Waals surface area contributed by atoms with Gasteiger partial charge in [-0.25, -0.2) is 0 Å². The van der Waals surface area contributed by atoms with Crippen LogP contribution >= 0.6 is 0 Å². The van der Waals surface area contributed by atoms with Crippen LogP contribution in [-0.4, -0.2) is 19.1 Å². The monoisotopic (exact) mass is 182 g/mol. The van der Waals surface area contributed by atoms with Gasteiger partial charge < -0.3 is 9.47 Å². The molecule has 0 amide bonds. The van der Waals surface area contributed by atoms with Crippen molar-refractivity contribution in [3.63, 3.8) is 0 Å². The predicted octanol–water partition coefficient (Wildman–Crippen LogP) is 0.788. The minimum atomic E-state index is 0.207. The molecular formula is C8H10N2O3+. The molecule has 1 rings (SSSR count). The molecule has 13 heavy (non-hydrogen) atoms. The summed E-state index contributed by atoms with van der Waals surface area (Å²) in [6.07, 6.45) is 0. The van der Waals surface area contributed by atoms with Gasteiger partial charge in [0.05, 0.1) is 25.2 Å². The van der Waals surface area contributed by atoms with Crippen LogP contribution in [0.2, 0.25) is 0 Å². The fourth-order valence-corrected chi connectivity index (χ4v) is 0.901. The maximum atomic E-state index is 10.8. The Balaban J connectivity index is 3.18. The number of rotatable bonds is 3. The molecule has 1 radical (unpaired) electrons. The van der Waals surface area contributed by atoms with Crippen molar-refractivity contribution < 1.29 is 14.3 Å². The number of nitrogens with zero attached hydrogens (tertiary/aromatic N) is 1. The molecule has 0 spiro atoms. The minimum absolute atomic E-state index is 0.207. The number of nitrogens with two attached hydrogens (primary N) is 1. The SMILES string of the molecule is COc1[c]cc(OC)c([N+](N)=O)c1. The number of hydrogen-bond acceptors (Lipinski definition) is 3. The predicted molar refractivity (Wildman–Crippen MR) is 45.9 cm³/mol. The molecule has 2 N–H and O–H groups in total. The second-order valence-electron chi connectivity index (χ2n) is 2.28. The lowest BCUT2D eigenvalue weighted by molar-refractivity contribution is -0.475. The van der Waals surface area contributed by atoms with E-state index in [-0.39, 0.29) is 10.6 Å². The van der Waals surface area contributed by atoms with Crippen LogP contribution in [0.4, 0.5) is 5.69 Å². The molecule has 5 heteroatoms. The van der Waals surface area contributed by atoms with Gasteiger partial charge in [0.2, 0.25) is 0 Å². The molecule has 0 unspecified atom stereocenters. The molecule has 0 aromatic heterocycles. The lowest BCUT2D eigenvalue weighted by atomic mass is 10.3. The highest BCUT2D eigenvalue weighted by Gasteiger charge is 2.18. The van der Waals surface area contributed by atoms with Gasteiger partial charge in [-0.3, -0.25) is 0 Å². The normalized spacial score (nSPS) is 9.38. The third-order valence-corrected chi connectivity index (χ3v) is 1.54. The van der Waals surface area contributed by atoms with E-state index in [4.69, 9.17) is 15.3 Å². The van der Waals surface area contributed by atoms with E-state index in [2.05, 4.69) is 6.07 Å². The third-order valence-electron chi connectivity index (χ3n) is 1.54. The fraction of sp³-hybridized carbons (Fsp3) is 0.250. The van der Waals surface area contributed by atoms with Gasteiger partial charge in [0, 0.05) is 6.07 Å². The molecule has 0 aliphatic rings. The zero-order valence-corrected chi connectivity index (χ0v) is 7.40. The van der Waals surface area contributed by atoms with Crippen LogP contribution in [0.3, 0.4) is 0 Å². The van der Waals surface area contributed by atoms with E-state index in [1.54, 1.807) is 0 Å². The van der Waals surface area contributed by atoms with E-state index in [1.165, 1.54) is 26.4 Å². The number of nitroso groups, excluding NO2 is 1. The Morgan fingerprint density at radius 1 is 1.46 bits per heavy atom. The first-order valence-corrected chi connectivity index (χ1v) is 3.54. The number of hydrazine groups is 1. The number of methoxy groups -OCH3 is 2. The first-order chi connectivity index (χ1) is 6.19. The Morgan fingerprint density at radius 2 is 2.15 bits per heavy atom. The first kappa shape index (κ1) is 9.31. The second-order valence-corrected chi connectivity index (χ2v) is 2.28. The molecule has 1 aromatic rings. The number of hydrogen-bond donors (Lipinski definition) is 1. The zero-order valence-electron chi connectivity index (χ0n) is 7.40. The largest absolute Gasteiger partial charge is 0.496 e. The van der Waals surface area contributed by atoms with Crippen LogP contribution in [-0.2, 0) is 0 Å². The summed E-state index contributed by atoms with van der Waals surface area (Å²) in [6.45, 7) is 0. The molecule has 0 heterocycles. The van der Waals surface area contributed by atoms with Crippen LogP contribution in [0.25, 0.3) is 0 Å². The van der Waals surface area contributed by atoms with Crippen molar-refractivity contribution in [2.45, 2.75) is 0 Å². The van der Waals surface area contributed by atoms with E-state index in [0.717, 1.165) is 0 Å². The smallest absolute Gasteiger partial charge is 0.336 e.